The lowest BCUT2D eigenvalue weighted by Crippen LogP contribution is -2.44. The van der Waals surface area contributed by atoms with Crippen LogP contribution in [0.2, 0.25) is 0 Å². The van der Waals surface area contributed by atoms with E-state index < -0.39 is 5.41 Å². The molecule has 1 aromatic rings. The second kappa shape index (κ2) is 5.60. The zero-order valence-corrected chi connectivity index (χ0v) is 9.79. The van der Waals surface area contributed by atoms with Crippen LogP contribution in [0.15, 0.2) is 6.33 Å². The van der Waals surface area contributed by atoms with Crippen molar-refractivity contribution in [2.75, 3.05) is 13.1 Å². The van der Waals surface area contributed by atoms with Crippen molar-refractivity contribution in [3.8, 4) is 0 Å². The molecule has 0 aliphatic carbocycles. The Hall–Kier alpha value is -1.43. The summed E-state index contributed by atoms with van der Waals surface area (Å²) in [6.45, 7) is 4.74. The summed E-state index contributed by atoms with van der Waals surface area (Å²) in [6.07, 6.45) is 2.83. The molecule has 1 amide bonds. The molecule has 1 unspecified atom stereocenters. The normalized spacial score (nSPS) is 14.4. The van der Waals surface area contributed by atoms with E-state index in [1.165, 1.54) is 6.33 Å². The fourth-order valence-electron chi connectivity index (χ4n) is 1.26. The van der Waals surface area contributed by atoms with Crippen molar-refractivity contribution in [1.82, 2.24) is 20.5 Å². The average Bonchev–Trinajstić information content (AvgIpc) is 2.80. The highest BCUT2D eigenvalue weighted by molar-refractivity contribution is 5.82. The first-order valence-corrected chi connectivity index (χ1v) is 5.45. The molecule has 16 heavy (non-hydrogen) atoms. The summed E-state index contributed by atoms with van der Waals surface area (Å²) in [5.74, 6) is 0.767. The SMILES string of the molecule is CCC(C)(CN)C(=O)NCCc1ncn[nH]1. The van der Waals surface area contributed by atoms with Crippen LogP contribution in [0, 0.1) is 5.41 Å². The second-order valence-corrected chi connectivity index (χ2v) is 4.06. The molecule has 0 saturated heterocycles. The first kappa shape index (κ1) is 12.6. The molecule has 4 N–H and O–H groups in total. The summed E-state index contributed by atoms with van der Waals surface area (Å²) in [7, 11) is 0. The largest absolute Gasteiger partial charge is 0.355 e. The predicted octanol–water partition coefficient (Wildman–Crippen LogP) is -0.162. The summed E-state index contributed by atoms with van der Waals surface area (Å²) >= 11 is 0. The molecule has 1 aromatic heterocycles. The predicted molar refractivity (Wildman–Crippen MR) is 60.5 cm³/mol. The Balaban J connectivity index is 2.35. The minimum atomic E-state index is -0.471. The van der Waals surface area contributed by atoms with E-state index in [9.17, 15) is 4.79 Å². The molecule has 0 aliphatic heterocycles. The van der Waals surface area contributed by atoms with E-state index in [0.29, 0.717) is 19.5 Å². The number of hydrogen-bond donors (Lipinski definition) is 3. The average molecular weight is 225 g/mol. The molecular weight excluding hydrogens is 206 g/mol. The van der Waals surface area contributed by atoms with Gasteiger partial charge in [0.1, 0.15) is 12.2 Å². The van der Waals surface area contributed by atoms with E-state index in [1.54, 1.807) is 0 Å². The molecule has 0 bridgehead atoms. The Labute approximate surface area is 95.0 Å². The molecule has 0 spiro atoms. The number of nitrogens with two attached hydrogens (primary N) is 1. The topological polar surface area (TPSA) is 96.7 Å². The van der Waals surface area contributed by atoms with Crippen molar-refractivity contribution in [2.45, 2.75) is 26.7 Å². The van der Waals surface area contributed by atoms with Gasteiger partial charge in [0.2, 0.25) is 5.91 Å². The van der Waals surface area contributed by atoms with Gasteiger partial charge in [0, 0.05) is 19.5 Å². The number of aromatic nitrogens is 3. The van der Waals surface area contributed by atoms with Crippen LogP contribution in [0.4, 0.5) is 0 Å². The van der Waals surface area contributed by atoms with Crippen LogP contribution in [0.25, 0.3) is 0 Å². The summed E-state index contributed by atoms with van der Waals surface area (Å²) < 4.78 is 0. The van der Waals surface area contributed by atoms with Gasteiger partial charge in [-0.15, -0.1) is 0 Å². The number of nitrogens with zero attached hydrogens (tertiary/aromatic N) is 2. The molecule has 6 heteroatoms. The monoisotopic (exact) mass is 225 g/mol. The van der Waals surface area contributed by atoms with Gasteiger partial charge in [0.05, 0.1) is 5.41 Å². The smallest absolute Gasteiger partial charge is 0.227 e. The minimum Gasteiger partial charge on any atom is -0.355 e. The van der Waals surface area contributed by atoms with Gasteiger partial charge < -0.3 is 11.1 Å². The van der Waals surface area contributed by atoms with E-state index in [1.807, 2.05) is 13.8 Å². The maximum atomic E-state index is 11.8. The van der Waals surface area contributed by atoms with Gasteiger partial charge in [-0.2, -0.15) is 5.10 Å². The van der Waals surface area contributed by atoms with E-state index in [4.69, 9.17) is 5.73 Å². The molecule has 0 aromatic carbocycles. The first-order chi connectivity index (χ1) is 7.62. The van der Waals surface area contributed by atoms with Crippen molar-refractivity contribution >= 4 is 5.91 Å². The van der Waals surface area contributed by atoms with Gasteiger partial charge in [-0.1, -0.05) is 6.92 Å². The van der Waals surface area contributed by atoms with E-state index in [2.05, 4.69) is 20.5 Å². The van der Waals surface area contributed by atoms with Crippen LogP contribution >= 0.6 is 0 Å². The van der Waals surface area contributed by atoms with Crippen LogP contribution in [0.5, 0.6) is 0 Å². The molecule has 1 rings (SSSR count). The Morgan fingerprint density at radius 3 is 2.94 bits per heavy atom. The highest BCUT2D eigenvalue weighted by atomic mass is 16.2. The second-order valence-electron chi connectivity index (χ2n) is 4.06. The molecule has 1 heterocycles. The lowest BCUT2D eigenvalue weighted by molar-refractivity contribution is -0.129. The maximum absolute atomic E-state index is 11.8. The Bertz CT molecular complexity index is 318. The third-order valence-electron chi connectivity index (χ3n) is 2.89. The first-order valence-electron chi connectivity index (χ1n) is 5.45. The summed E-state index contributed by atoms with van der Waals surface area (Å²) in [6, 6.07) is 0. The number of carbonyl (C=O) groups is 1. The van der Waals surface area contributed by atoms with Gasteiger partial charge in [-0.3, -0.25) is 9.89 Å². The number of amides is 1. The highest BCUT2D eigenvalue weighted by Gasteiger charge is 2.28. The number of nitrogens with one attached hydrogen (secondary N) is 2. The number of hydrogen-bond acceptors (Lipinski definition) is 4. The maximum Gasteiger partial charge on any atom is 0.227 e. The van der Waals surface area contributed by atoms with E-state index >= 15 is 0 Å². The fourth-order valence-corrected chi connectivity index (χ4v) is 1.26. The van der Waals surface area contributed by atoms with Gasteiger partial charge in [0.25, 0.3) is 0 Å². The van der Waals surface area contributed by atoms with E-state index in [-0.39, 0.29) is 5.91 Å². The molecule has 90 valence electrons. The van der Waals surface area contributed by atoms with Crippen LogP contribution < -0.4 is 11.1 Å². The summed E-state index contributed by atoms with van der Waals surface area (Å²) in [5, 5.41) is 9.33. The van der Waals surface area contributed by atoms with E-state index in [0.717, 1.165) is 12.2 Å². The van der Waals surface area contributed by atoms with Crippen LogP contribution in [-0.2, 0) is 11.2 Å². The van der Waals surface area contributed by atoms with Crippen LogP contribution in [-0.4, -0.2) is 34.2 Å². The molecular formula is C10H19N5O. The molecule has 6 nitrogen and oxygen atoms in total. The molecule has 0 saturated carbocycles. The highest BCUT2D eigenvalue weighted by Crippen LogP contribution is 2.18. The quantitative estimate of drug-likeness (QED) is 0.626. The Morgan fingerprint density at radius 1 is 1.69 bits per heavy atom. The number of H-pyrrole nitrogens is 1. The van der Waals surface area contributed by atoms with Crippen LogP contribution in [0.3, 0.4) is 0 Å². The van der Waals surface area contributed by atoms with Crippen LogP contribution in [0.1, 0.15) is 26.1 Å². The Kier molecular flexibility index (Phi) is 4.42. The van der Waals surface area contributed by atoms with Gasteiger partial charge in [-0.25, -0.2) is 4.98 Å². The van der Waals surface area contributed by atoms with Crippen molar-refractivity contribution in [3.05, 3.63) is 12.2 Å². The van der Waals surface area contributed by atoms with Crippen molar-refractivity contribution in [2.24, 2.45) is 11.1 Å². The summed E-state index contributed by atoms with van der Waals surface area (Å²) in [5.41, 5.74) is 5.12. The molecule has 0 fully saturated rings. The minimum absolute atomic E-state index is 0.00276. The molecule has 1 atom stereocenters. The molecule has 0 radical (unpaired) electrons. The Morgan fingerprint density at radius 2 is 2.44 bits per heavy atom. The fraction of sp³-hybridized carbons (Fsp3) is 0.700. The zero-order chi connectivity index (χ0) is 12.0. The number of aromatic amines is 1. The van der Waals surface area contributed by atoms with Crippen molar-refractivity contribution in [1.29, 1.82) is 0 Å². The van der Waals surface area contributed by atoms with Gasteiger partial charge >= 0.3 is 0 Å². The van der Waals surface area contributed by atoms with Gasteiger partial charge in [-0.05, 0) is 13.3 Å². The number of carbonyl (C=O) groups excluding carboxylic acids is 1. The standard InChI is InChI=1S/C10H19N5O/c1-3-10(2,6-11)9(16)12-5-4-8-13-7-14-15-8/h7H,3-6,11H2,1-2H3,(H,12,16)(H,13,14,15). The number of rotatable bonds is 6. The third kappa shape index (κ3) is 3.03. The van der Waals surface area contributed by atoms with Gasteiger partial charge in [0.15, 0.2) is 0 Å². The third-order valence-corrected chi connectivity index (χ3v) is 2.89. The van der Waals surface area contributed by atoms with Crippen molar-refractivity contribution < 1.29 is 4.79 Å². The molecule has 0 aliphatic rings. The lowest BCUT2D eigenvalue weighted by atomic mass is 9.87. The van der Waals surface area contributed by atoms with Crippen molar-refractivity contribution in [3.63, 3.8) is 0 Å². The lowest BCUT2D eigenvalue weighted by Gasteiger charge is -2.24. The zero-order valence-electron chi connectivity index (χ0n) is 9.79. The summed E-state index contributed by atoms with van der Waals surface area (Å²) in [4.78, 5) is 15.8.